The Hall–Kier alpha value is -1.94. The summed E-state index contributed by atoms with van der Waals surface area (Å²) in [6.45, 7) is 0. The van der Waals surface area contributed by atoms with E-state index in [1.54, 1.807) is 18.2 Å². The van der Waals surface area contributed by atoms with Crippen LogP contribution in [-0.2, 0) is 0 Å². The summed E-state index contributed by atoms with van der Waals surface area (Å²) in [6.07, 6.45) is 0.998. The van der Waals surface area contributed by atoms with Gasteiger partial charge in [-0.3, -0.25) is 14.9 Å². The molecule has 9 heteroatoms. The van der Waals surface area contributed by atoms with Crippen molar-refractivity contribution in [3.05, 3.63) is 54.7 Å². The highest BCUT2D eigenvalue weighted by atomic mass is 127. The molecule has 2 aromatic rings. The van der Waals surface area contributed by atoms with Crippen molar-refractivity contribution in [1.29, 1.82) is 0 Å². The molecule has 0 saturated carbocycles. The number of carbonyl (C=O) groups is 1. The average Bonchev–Trinajstić information content (AvgIpc) is 2.42. The lowest BCUT2D eigenvalue weighted by molar-refractivity contribution is -0.385. The molecular weight excluding hydrogens is 411 g/mol. The van der Waals surface area contributed by atoms with Gasteiger partial charge in [-0.25, -0.2) is 4.98 Å². The first-order valence-electron chi connectivity index (χ1n) is 5.55. The first kappa shape index (κ1) is 15.4. The van der Waals surface area contributed by atoms with Crippen molar-refractivity contribution in [2.75, 3.05) is 11.1 Å². The van der Waals surface area contributed by atoms with Crippen LogP contribution >= 0.6 is 34.2 Å². The van der Waals surface area contributed by atoms with Gasteiger partial charge in [-0.2, -0.15) is 0 Å². The number of pyridine rings is 1. The lowest BCUT2D eigenvalue weighted by Gasteiger charge is -2.09. The van der Waals surface area contributed by atoms with E-state index in [0.29, 0.717) is 10.7 Å². The predicted octanol–water partition coefficient (Wildman–Crippen LogP) is 3.08. The Morgan fingerprint density at radius 3 is 2.76 bits per heavy atom. The quantitative estimate of drug-likeness (QED) is 0.452. The molecule has 21 heavy (non-hydrogen) atoms. The highest BCUT2D eigenvalue weighted by molar-refractivity contribution is 14.1. The van der Waals surface area contributed by atoms with Gasteiger partial charge in [-0.05, 0) is 40.8 Å². The van der Waals surface area contributed by atoms with Gasteiger partial charge in [0.2, 0.25) is 0 Å². The molecule has 0 radical (unpaired) electrons. The summed E-state index contributed by atoms with van der Waals surface area (Å²) < 4.78 is 0.727. The molecule has 1 aromatic heterocycles. The number of hydrogen-bond acceptors (Lipinski definition) is 5. The summed E-state index contributed by atoms with van der Waals surface area (Å²) in [5.41, 5.74) is 5.75. The molecule has 0 aliphatic rings. The summed E-state index contributed by atoms with van der Waals surface area (Å²) in [7, 11) is 0. The van der Waals surface area contributed by atoms with Gasteiger partial charge in [0.25, 0.3) is 11.6 Å². The third-order valence-electron chi connectivity index (χ3n) is 2.54. The zero-order valence-electron chi connectivity index (χ0n) is 10.3. The molecule has 0 fully saturated rings. The minimum absolute atomic E-state index is 0.0602. The van der Waals surface area contributed by atoms with E-state index in [0.717, 1.165) is 15.8 Å². The molecular formula is C12H8ClIN4O3. The van der Waals surface area contributed by atoms with Crippen LogP contribution in [0, 0.1) is 13.7 Å². The lowest BCUT2D eigenvalue weighted by Crippen LogP contribution is -2.16. The zero-order valence-corrected chi connectivity index (χ0v) is 13.3. The van der Waals surface area contributed by atoms with Crippen LogP contribution in [0.4, 0.5) is 17.2 Å². The number of nitrogen functional groups attached to an aromatic ring is 1. The minimum Gasteiger partial charge on any atom is -0.383 e. The Kier molecular flexibility index (Phi) is 4.58. The van der Waals surface area contributed by atoms with Crippen molar-refractivity contribution in [1.82, 2.24) is 4.98 Å². The normalized spacial score (nSPS) is 10.2. The van der Waals surface area contributed by atoms with Crippen LogP contribution in [0.15, 0.2) is 30.5 Å². The number of nitrogens with one attached hydrogen (secondary N) is 1. The number of nitrogens with two attached hydrogens (primary N) is 1. The second-order valence-corrected chi connectivity index (χ2v) is 5.56. The molecule has 0 spiro atoms. The van der Waals surface area contributed by atoms with Crippen molar-refractivity contribution in [3.8, 4) is 0 Å². The van der Waals surface area contributed by atoms with Gasteiger partial charge in [0, 0.05) is 14.7 Å². The summed E-state index contributed by atoms with van der Waals surface area (Å²) >= 11 is 7.84. The minimum atomic E-state index is -0.644. The Morgan fingerprint density at radius 1 is 1.43 bits per heavy atom. The first-order chi connectivity index (χ1) is 9.88. The molecule has 2 rings (SSSR count). The fraction of sp³-hybridized carbons (Fsp3) is 0. The van der Waals surface area contributed by atoms with Gasteiger partial charge in [0.05, 0.1) is 16.2 Å². The Balaban J connectivity index is 2.32. The largest absolute Gasteiger partial charge is 0.383 e. The molecule has 0 unspecified atom stereocenters. The molecule has 7 nitrogen and oxygen atoms in total. The van der Waals surface area contributed by atoms with E-state index >= 15 is 0 Å². The number of halogens is 2. The van der Waals surface area contributed by atoms with Gasteiger partial charge in [-0.15, -0.1) is 0 Å². The molecule has 3 N–H and O–H groups in total. The van der Waals surface area contributed by atoms with Crippen molar-refractivity contribution in [2.45, 2.75) is 0 Å². The molecule has 0 bridgehead atoms. The number of anilines is 2. The topological polar surface area (TPSA) is 111 Å². The monoisotopic (exact) mass is 418 g/mol. The Labute approximate surface area is 137 Å². The van der Waals surface area contributed by atoms with E-state index in [-0.39, 0.29) is 17.1 Å². The molecule has 108 valence electrons. The second kappa shape index (κ2) is 6.22. The van der Waals surface area contributed by atoms with Crippen LogP contribution in [0.1, 0.15) is 10.4 Å². The number of hydrogen-bond donors (Lipinski definition) is 2. The number of nitrogens with zero attached hydrogens (tertiary/aromatic N) is 2. The number of nitro groups is 1. The predicted molar refractivity (Wildman–Crippen MR) is 87.4 cm³/mol. The molecule has 0 aliphatic heterocycles. The van der Waals surface area contributed by atoms with E-state index in [1.165, 1.54) is 0 Å². The maximum atomic E-state index is 12.2. The third-order valence-corrected chi connectivity index (χ3v) is 3.67. The number of rotatable bonds is 3. The maximum absolute atomic E-state index is 12.2. The van der Waals surface area contributed by atoms with E-state index in [4.69, 9.17) is 17.3 Å². The highest BCUT2D eigenvalue weighted by Crippen LogP contribution is 2.24. The van der Waals surface area contributed by atoms with Crippen LogP contribution in [0.3, 0.4) is 0 Å². The first-order valence-corrected chi connectivity index (χ1v) is 7.00. The molecule has 1 aromatic carbocycles. The Morgan fingerprint density at radius 2 is 2.14 bits per heavy atom. The number of carbonyl (C=O) groups excluding carboxylic acids is 1. The maximum Gasteiger partial charge on any atom is 0.288 e. The van der Waals surface area contributed by atoms with Crippen LogP contribution in [0.5, 0.6) is 0 Å². The van der Waals surface area contributed by atoms with Crippen molar-refractivity contribution >= 4 is 57.3 Å². The summed E-state index contributed by atoms with van der Waals surface area (Å²) in [6, 6.07) is 6.00. The van der Waals surface area contributed by atoms with Gasteiger partial charge >= 0.3 is 0 Å². The third kappa shape index (κ3) is 3.58. The summed E-state index contributed by atoms with van der Waals surface area (Å²) in [5, 5.41) is 13.9. The van der Waals surface area contributed by atoms with Crippen molar-refractivity contribution < 1.29 is 9.72 Å². The van der Waals surface area contributed by atoms with Gasteiger partial charge in [-0.1, -0.05) is 11.6 Å². The molecule has 1 amide bonds. The van der Waals surface area contributed by atoms with Crippen molar-refractivity contribution in [3.63, 3.8) is 0 Å². The number of amides is 1. The van der Waals surface area contributed by atoms with Crippen molar-refractivity contribution in [2.24, 2.45) is 0 Å². The summed E-state index contributed by atoms with van der Waals surface area (Å²) in [5.74, 6) is -0.661. The van der Waals surface area contributed by atoms with Crippen LogP contribution in [-0.4, -0.2) is 15.8 Å². The standard InChI is InChI=1S/C12H8ClIN4O3/c13-6-1-2-10(9(14)3-6)17-12(19)8-4-7(18(20)21)5-16-11(8)15/h1-5H,(H2,15,16)(H,17,19). The van der Waals surface area contributed by atoms with E-state index in [9.17, 15) is 14.9 Å². The second-order valence-electron chi connectivity index (χ2n) is 3.96. The van der Waals surface area contributed by atoms with E-state index in [1.807, 2.05) is 22.6 Å². The highest BCUT2D eigenvalue weighted by Gasteiger charge is 2.17. The van der Waals surface area contributed by atoms with Crippen LogP contribution in [0.2, 0.25) is 5.02 Å². The fourth-order valence-corrected chi connectivity index (χ4v) is 2.53. The fourth-order valence-electron chi connectivity index (χ4n) is 1.53. The summed E-state index contributed by atoms with van der Waals surface area (Å²) in [4.78, 5) is 25.9. The smallest absolute Gasteiger partial charge is 0.288 e. The van der Waals surface area contributed by atoms with Gasteiger partial charge < -0.3 is 11.1 Å². The average molecular weight is 419 g/mol. The molecule has 0 aliphatic carbocycles. The lowest BCUT2D eigenvalue weighted by atomic mass is 10.2. The van der Waals surface area contributed by atoms with Crippen LogP contribution in [0.25, 0.3) is 0 Å². The van der Waals surface area contributed by atoms with E-state index in [2.05, 4.69) is 10.3 Å². The zero-order chi connectivity index (χ0) is 15.6. The van der Waals surface area contributed by atoms with E-state index < -0.39 is 10.8 Å². The van der Waals surface area contributed by atoms with Crippen LogP contribution < -0.4 is 11.1 Å². The SMILES string of the molecule is Nc1ncc([N+](=O)[O-])cc1C(=O)Nc1ccc(Cl)cc1I. The Bertz CT molecular complexity index is 738. The molecule has 0 atom stereocenters. The number of aromatic nitrogens is 1. The molecule has 0 saturated heterocycles. The van der Waals surface area contributed by atoms with Gasteiger partial charge in [0.15, 0.2) is 0 Å². The number of benzene rings is 1. The van der Waals surface area contributed by atoms with Gasteiger partial charge in [0.1, 0.15) is 12.0 Å². The molecule has 1 heterocycles.